The van der Waals surface area contributed by atoms with Crippen LogP contribution in [0.5, 0.6) is 5.75 Å². The fourth-order valence-electron chi connectivity index (χ4n) is 4.59. The van der Waals surface area contributed by atoms with E-state index in [0.717, 1.165) is 45.2 Å². The molecule has 1 atom stereocenters. The predicted molar refractivity (Wildman–Crippen MR) is 122 cm³/mol. The second-order valence-corrected chi connectivity index (χ2v) is 10.5. The van der Waals surface area contributed by atoms with Gasteiger partial charge >= 0.3 is 0 Å². The molecular weight excluding hydrogens is 426 g/mol. The number of nitrogens with one attached hydrogen (secondary N) is 1. The minimum atomic E-state index is -3.42. The molecule has 2 aromatic carbocycles. The van der Waals surface area contributed by atoms with Crippen molar-refractivity contribution in [3.8, 4) is 11.8 Å². The number of fused-ring (bicyclic) bond motifs is 1. The maximum absolute atomic E-state index is 13.2. The van der Waals surface area contributed by atoms with E-state index in [9.17, 15) is 13.2 Å². The minimum absolute atomic E-state index is 0.00515. The van der Waals surface area contributed by atoms with Gasteiger partial charge in [-0.1, -0.05) is 19.1 Å². The zero-order valence-electron chi connectivity index (χ0n) is 18.3. The van der Waals surface area contributed by atoms with E-state index in [1.54, 1.807) is 18.2 Å². The van der Waals surface area contributed by atoms with Crippen molar-refractivity contribution in [2.45, 2.75) is 31.8 Å². The first kappa shape index (κ1) is 22.3. The molecule has 0 radical (unpaired) electrons. The van der Waals surface area contributed by atoms with Crippen molar-refractivity contribution in [2.24, 2.45) is 5.92 Å². The van der Waals surface area contributed by atoms with Gasteiger partial charge in [-0.15, -0.1) is 0 Å². The second kappa shape index (κ2) is 8.57. The summed E-state index contributed by atoms with van der Waals surface area (Å²) in [6, 6.07) is 14.7. The summed E-state index contributed by atoms with van der Waals surface area (Å²) in [5.41, 5.74) is 2.14. The lowest BCUT2D eigenvalue weighted by Crippen LogP contribution is -2.56. The van der Waals surface area contributed by atoms with Crippen LogP contribution in [0.15, 0.2) is 42.5 Å². The van der Waals surface area contributed by atoms with Crippen LogP contribution in [-0.4, -0.2) is 50.6 Å². The van der Waals surface area contributed by atoms with Crippen LogP contribution in [0, 0.1) is 17.2 Å². The summed E-state index contributed by atoms with van der Waals surface area (Å²) in [6.07, 6.45) is 3.51. The molecule has 0 aliphatic carbocycles. The van der Waals surface area contributed by atoms with Crippen molar-refractivity contribution < 1.29 is 17.9 Å². The molecule has 7 nitrogen and oxygen atoms in total. The van der Waals surface area contributed by atoms with Crippen molar-refractivity contribution in [3.63, 3.8) is 0 Å². The molecule has 1 saturated heterocycles. The second-order valence-electron chi connectivity index (χ2n) is 8.74. The number of rotatable bonds is 5. The lowest BCUT2D eigenvalue weighted by molar-refractivity contribution is -0.0387. The monoisotopic (exact) mass is 453 g/mol. The highest BCUT2D eigenvalue weighted by atomic mass is 32.2. The van der Waals surface area contributed by atoms with Gasteiger partial charge in [0.05, 0.1) is 29.4 Å². The van der Waals surface area contributed by atoms with Gasteiger partial charge in [0.2, 0.25) is 10.0 Å². The lowest BCUT2D eigenvalue weighted by Gasteiger charge is -2.47. The molecule has 0 saturated carbocycles. The smallest absolute Gasteiger partial charge is 0.229 e. The largest absolute Gasteiger partial charge is 0.486 e. The van der Waals surface area contributed by atoms with Crippen LogP contribution < -0.4 is 9.46 Å². The summed E-state index contributed by atoms with van der Waals surface area (Å²) in [4.78, 5) is 15.5. The molecule has 2 aromatic rings. The number of carbonyl (C=O) groups excluding carboxylic acids is 1. The zero-order valence-corrected chi connectivity index (χ0v) is 19.1. The van der Waals surface area contributed by atoms with E-state index >= 15 is 0 Å². The number of nitrogens with zero attached hydrogens (tertiary/aromatic N) is 2. The van der Waals surface area contributed by atoms with Crippen molar-refractivity contribution in [1.82, 2.24) is 4.90 Å². The Kier molecular flexibility index (Phi) is 5.97. The molecule has 2 heterocycles. The number of hydrogen-bond donors (Lipinski definition) is 1. The van der Waals surface area contributed by atoms with E-state index in [1.807, 2.05) is 31.2 Å². The summed E-state index contributed by atoms with van der Waals surface area (Å²) >= 11 is 0. The van der Waals surface area contributed by atoms with E-state index in [4.69, 9.17) is 10.00 Å². The number of ether oxygens (including phenoxy) is 1. The normalized spacial score (nSPS) is 20.3. The number of benzene rings is 2. The molecule has 0 aromatic heterocycles. The average molecular weight is 454 g/mol. The van der Waals surface area contributed by atoms with Gasteiger partial charge in [0.1, 0.15) is 11.4 Å². The molecule has 32 heavy (non-hydrogen) atoms. The van der Waals surface area contributed by atoms with E-state index < -0.39 is 15.6 Å². The van der Waals surface area contributed by atoms with Gasteiger partial charge in [0.15, 0.2) is 5.78 Å². The third-order valence-corrected chi connectivity index (χ3v) is 7.15. The number of nitriles is 1. The minimum Gasteiger partial charge on any atom is -0.486 e. The Balaban J connectivity index is 1.41. The van der Waals surface area contributed by atoms with Crippen LogP contribution in [-0.2, 0) is 16.4 Å². The third kappa shape index (κ3) is 4.64. The van der Waals surface area contributed by atoms with Crippen molar-refractivity contribution >= 4 is 21.5 Å². The molecule has 0 amide bonds. The molecule has 168 valence electrons. The van der Waals surface area contributed by atoms with Gasteiger partial charge in [-0.25, -0.2) is 8.42 Å². The first-order valence-electron chi connectivity index (χ1n) is 10.8. The number of carbonyl (C=O) groups is 1. The molecule has 1 spiro atoms. The number of piperidine rings is 1. The molecule has 2 aliphatic heterocycles. The molecule has 8 heteroatoms. The first-order chi connectivity index (χ1) is 15.2. The van der Waals surface area contributed by atoms with Gasteiger partial charge in [0, 0.05) is 38.2 Å². The van der Waals surface area contributed by atoms with Crippen LogP contribution in [0.4, 0.5) is 5.69 Å². The first-order valence-corrected chi connectivity index (χ1v) is 12.6. The molecule has 1 fully saturated rings. The highest BCUT2D eigenvalue weighted by molar-refractivity contribution is 7.92. The summed E-state index contributed by atoms with van der Waals surface area (Å²) in [5, 5.41) is 8.92. The maximum Gasteiger partial charge on any atom is 0.229 e. The SMILES string of the molecule is C[C@@H]1C(=O)c2cc(NS(C)(=O)=O)ccc2OC12CCN(CCc1ccc(C#N)cc1)CC2. The van der Waals surface area contributed by atoms with E-state index in [1.165, 1.54) is 5.56 Å². The highest BCUT2D eigenvalue weighted by Gasteiger charge is 2.48. The Morgan fingerprint density at radius 1 is 1.19 bits per heavy atom. The van der Waals surface area contributed by atoms with Crippen molar-refractivity contribution in [2.75, 3.05) is 30.6 Å². The topological polar surface area (TPSA) is 99.5 Å². The fourth-order valence-corrected chi connectivity index (χ4v) is 5.15. The van der Waals surface area contributed by atoms with Gasteiger partial charge in [-0.3, -0.25) is 9.52 Å². The molecular formula is C24H27N3O4S. The summed E-state index contributed by atoms with van der Waals surface area (Å²) in [7, 11) is -3.42. The van der Waals surface area contributed by atoms with E-state index in [0.29, 0.717) is 22.6 Å². The summed E-state index contributed by atoms with van der Waals surface area (Å²) < 4.78 is 31.9. The van der Waals surface area contributed by atoms with Gasteiger partial charge < -0.3 is 9.64 Å². The summed E-state index contributed by atoms with van der Waals surface area (Å²) in [5.74, 6) is 0.219. The van der Waals surface area contributed by atoms with Gasteiger partial charge in [-0.05, 0) is 42.3 Å². The Bertz CT molecular complexity index is 1160. The number of hydrogen-bond acceptors (Lipinski definition) is 6. The number of Topliss-reactive ketones (excluding diaryl/α,β-unsaturated/α-hetero) is 1. The lowest BCUT2D eigenvalue weighted by atomic mass is 9.74. The highest BCUT2D eigenvalue weighted by Crippen LogP contribution is 2.43. The Morgan fingerprint density at radius 2 is 1.88 bits per heavy atom. The third-order valence-electron chi connectivity index (χ3n) is 6.55. The fraction of sp³-hybridized carbons (Fsp3) is 0.417. The van der Waals surface area contributed by atoms with E-state index in [2.05, 4.69) is 15.7 Å². The van der Waals surface area contributed by atoms with Crippen LogP contribution in [0.1, 0.15) is 41.3 Å². The number of sulfonamides is 1. The number of likely N-dealkylation sites (tertiary alicyclic amines) is 1. The maximum atomic E-state index is 13.2. The van der Waals surface area contributed by atoms with E-state index in [-0.39, 0.29) is 11.7 Å². The van der Waals surface area contributed by atoms with Crippen LogP contribution in [0.25, 0.3) is 0 Å². The Hall–Kier alpha value is -2.89. The molecule has 4 rings (SSSR count). The van der Waals surface area contributed by atoms with Gasteiger partial charge in [-0.2, -0.15) is 5.26 Å². The summed E-state index contributed by atoms with van der Waals surface area (Å²) in [6.45, 7) is 4.52. The Labute approximate surface area is 189 Å². The van der Waals surface area contributed by atoms with Crippen LogP contribution in [0.3, 0.4) is 0 Å². The molecule has 0 bridgehead atoms. The quantitative estimate of drug-likeness (QED) is 0.746. The number of anilines is 1. The van der Waals surface area contributed by atoms with Crippen molar-refractivity contribution in [1.29, 1.82) is 5.26 Å². The predicted octanol–water partition coefficient (Wildman–Crippen LogP) is 3.22. The molecule has 2 aliphatic rings. The van der Waals surface area contributed by atoms with Crippen molar-refractivity contribution in [3.05, 3.63) is 59.2 Å². The molecule has 1 N–H and O–H groups in total. The van der Waals surface area contributed by atoms with Crippen LogP contribution >= 0.6 is 0 Å². The average Bonchev–Trinajstić information content (AvgIpc) is 2.77. The molecule has 0 unspecified atom stereocenters. The zero-order chi connectivity index (χ0) is 22.9. The number of ketones is 1. The van der Waals surface area contributed by atoms with Gasteiger partial charge in [0.25, 0.3) is 0 Å². The Morgan fingerprint density at radius 3 is 2.50 bits per heavy atom. The van der Waals surface area contributed by atoms with Crippen LogP contribution in [0.2, 0.25) is 0 Å². The standard InChI is InChI=1S/C24H27N3O4S/c1-17-23(28)21-15-20(26-32(2,29)30)7-8-22(21)31-24(17)10-13-27(14-11-24)12-9-18-3-5-19(16-25)6-4-18/h3-8,15,17,26H,9-14H2,1-2H3/t17-/m1/s1.